The Labute approximate surface area is 121 Å². The number of nitrogens with one attached hydrogen (secondary N) is 1. The predicted molar refractivity (Wildman–Crippen MR) is 77.8 cm³/mol. The van der Waals surface area contributed by atoms with Crippen molar-refractivity contribution in [1.29, 1.82) is 0 Å². The molecule has 2 heterocycles. The minimum absolute atomic E-state index is 0.00581. The summed E-state index contributed by atoms with van der Waals surface area (Å²) in [5, 5.41) is 3.16. The molecule has 7 heteroatoms. The Bertz CT molecular complexity index is 450. The maximum Gasteiger partial charge on any atom is 0.241 e. The number of carbonyl (C=O) groups excluding carboxylic acids is 1. The van der Waals surface area contributed by atoms with Gasteiger partial charge in [0.2, 0.25) is 15.9 Å². The van der Waals surface area contributed by atoms with E-state index in [0.717, 1.165) is 38.9 Å². The number of hydrogen-bond donors (Lipinski definition) is 1. The van der Waals surface area contributed by atoms with Gasteiger partial charge in [-0.25, -0.2) is 8.42 Å². The van der Waals surface area contributed by atoms with Gasteiger partial charge < -0.3 is 10.2 Å². The maximum atomic E-state index is 12.6. The normalized spacial score (nSPS) is 28.8. The highest BCUT2D eigenvalue weighted by molar-refractivity contribution is 7.88. The Morgan fingerprint density at radius 2 is 1.95 bits per heavy atom. The third-order valence-electron chi connectivity index (χ3n) is 4.24. The molecule has 0 aromatic carbocycles. The first-order valence-electron chi connectivity index (χ1n) is 7.33. The molecule has 0 bridgehead atoms. The highest BCUT2D eigenvalue weighted by atomic mass is 32.2. The summed E-state index contributed by atoms with van der Waals surface area (Å²) in [6.45, 7) is 2.88. The smallest absolute Gasteiger partial charge is 0.241 e. The lowest BCUT2D eigenvalue weighted by Gasteiger charge is -2.35. The van der Waals surface area contributed by atoms with Crippen LogP contribution in [0.5, 0.6) is 0 Å². The van der Waals surface area contributed by atoms with Gasteiger partial charge in [-0.3, -0.25) is 4.79 Å². The van der Waals surface area contributed by atoms with Crippen molar-refractivity contribution in [1.82, 2.24) is 14.5 Å². The molecular weight excluding hydrogens is 278 g/mol. The first-order chi connectivity index (χ1) is 9.43. The first-order valence-corrected chi connectivity index (χ1v) is 9.18. The molecule has 0 saturated carbocycles. The van der Waals surface area contributed by atoms with E-state index >= 15 is 0 Å². The largest absolute Gasteiger partial charge is 0.341 e. The fourth-order valence-electron chi connectivity index (χ4n) is 3.32. The van der Waals surface area contributed by atoms with Crippen LogP contribution in [0.4, 0.5) is 0 Å². The first kappa shape index (κ1) is 15.7. The van der Waals surface area contributed by atoms with Crippen molar-refractivity contribution in [3.63, 3.8) is 0 Å². The minimum atomic E-state index is -3.29. The maximum absolute atomic E-state index is 12.6. The van der Waals surface area contributed by atoms with Crippen LogP contribution in [0.2, 0.25) is 0 Å². The van der Waals surface area contributed by atoms with Gasteiger partial charge in [0.1, 0.15) is 6.04 Å². The molecule has 1 amide bonds. The molecule has 0 aliphatic carbocycles. The molecule has 0 spiro atoms. The van der Waals surface area contributed by atoms with Gasteiger partial charge in [-0.05, 0) is 45.2 Å². The van der Waals surface area contributed by atoms with Crippen molar-refractivity contribution >= 4 is 15.9 Å². The number of piperidine rings is 1. The molecule has 2 fully saturated rings. The van der Waals surface area contributed by atoms with Gasteiger partial charge in [-0.15, -0.1) is 0 Å². The molecule has 0 aromatic rings. The average molecular weight is 303 g/mol. The number of rotatable bonds is 4. The predicted octanol–water partition coefficient (Wildman–Crippen LogP) is -0.132. The van der Waals surface area contributed by atoms with E-state index < -0.39 is 16.1 Å². The van der Waals surface area contributed by atoms with Crippen LogP contribution in [0, 0.1) is 5.92 Å². The van der Waals surface area contributed by atoms with E-state index in [2.05, 4.69) is 5.32 Å². The fraction of sp³-hybridized carbons (Fsp3) is 0.923. The van der Waals surface area contributed by atoms with Crippen LogP contribution in [-0.4, -0.2) is 69.1 Å². The lowest BCUT2D eigenvalue weighted by molar-refractivity contribution is -0.136. The zero-order valence-electron chi connectivity index (χ0n) is 12.3. The van der Waals surface area contributed by atoms with Crippen molar-refractivity contribution in [2.24, 2.45) is 5.92 Å². The van der Waals surface area contributed by atoms with Gasteiger partial charge in [0.15, 0.2) is 0 Å². The van der Waals surface area contributed by atoms with Crippen molar-refractivity contribution in [2.45, 2.75) is 31.7 Å². The molecule has 2 saturated heterocycles. The van der Waals surface area contributed by atoms with Crippen molar-refractivity contribution in [3.05, 3.63) is 0 Å². The van der Waals surface area contributed by atoms with E-state index in [1.165, 1.54) is 10.6 Å². The Morgan fingerprint density at radius 1 is 1.25 bits per heavy atom. The third kappa shape index (κ3) is 3.51. The van der Waals surface area contributed by atoms with Gasteiger partial charge in [0, 0.05) is 19.6 Å². The monoisotopic (exact) mass is 303 g/mol. The third-order valence-corrected chi connectivity index (χ3v) is 5.53. The molecule has 2 aliphatic heterocycles. The second kappa shape index (κ2) is 6.41. The number of likely N-dealkylation sites (tertiary alicyclic amines) is 1. The SMILES string of the molecule is CNCC1CCCN(C(=O)C2CCCN2S(C)(=O)=O)C1. The summed E-state index contributed by atoms with van der Waals surface area (Å²) >= 11 is 0. The topological polar surface area (TPSA) is 69.7 Å². The second-order valence-electron chi connectivity index (χ2n) is 5.88. The Hall–Kier alpha value is -0.660. The number of amides is 1. The number of carbonyl (C=O) groups is 1. The number of hydrogen-bond acceptors (Lipinski definition) is 4. The average Bonchev–Trinajstić information content (AvgIpc) is 2.87. The van der Waals surface area contributed by atoms with Crippen LogP contribution in [0.15, 0.2) is 0 Å². The molecule has 2 aliphatic rings. The van der Waals surface area contributed by atoms with Crippen LogP contribution in [0.1, 0.15) is 25.7 Å². The quantitative estimate of drug-likeness (QED) is 0.785. The van der Waals surface area contributed by atoms with Crippen LogP contribution in [0.3, 0.4) is 0 Å². The molecule has 0 radical (unpaired) electrons. The lowest BCUT2D eigenvalue weighted by Crippen LogP contribution is -2.51. The summed E-state index contributed by atoms with van der Waals surface area (Å²) < 4.78 is 24.9. The highest BCUT2D eigenvalue weighted by Crippen LogP contribution is 2.24. The summed E-state index contributed by atoms with van der Waals surface area (Å²) in [6.07, 6.45) is 4.75. The molecular formula is C13H25N3O3S. The van der Waals surface area contributed by atoms with E-state index in [1.807, 2.05) is 11.9 Å². The number of nitrogens with zero attached hydrogens (tertiary/aromatic N) is 2. The molecule has 2 rings (SSSR count). The highest BCUT2D eigenvalue weighted by Gasteiger charge is 2.39. The summed E-state index contributed by atoms with van der Waals surface area (Å²) in [5.41, 5.74) is 0. The van der Waals surface area contributed by atoms with E-state index in [0.29, 0.717) is 18.9 Å². The minimum Gasteiger partial charge on any atom is -0.341 e. The van der Waals surface area contributed by atoms with Crippen molar-refractivity contribution < 1.29 is 13.2 Å². The van der Waals surface area contributed by atoms with Gasteiger partial charge in [0.05, 0.1) is 6.26 Å². The van der Waals surface area contributed by atoms with Gasteiger partial charge >= 0.3 is 0 Å². The number of sulfonamides is 1. The lowest BCUT2D eigenvalue weighted by atomic mass is 9.97. The zero-order valence-corrected chi connectivity index (χ0v) is 13.2. The molecule has 1 N–H and O–H groups in total. The van der Waals surface area contributed by atoms with E-state index in [-0.39, 0.29) is 5.91 Å². The standard InChI is InChI=1S/C13H25N3O3S/c1-14-9-11-5-3-7-15(10-11)13(17)12-6-4-8-16(12)20(2,18)19/h11-12,14H,3-10H2,1-2H3. The van der Waals surface area contributed by atoms with Crippen LogP contribution in [-0.2, 0) is 14.8 Å². The molecule has 0 aromatic heterocycles. The summed E-state index contributed by atoms with van der Waals surface area (Å²) in [6, 6.07) is -0.474. The van der Waals surface area contributed by atoms with Crippen LogP contribution >= 0.6 is 0 Å². The molecule has 6 nitrogen and oxygen atoms in total. The molecule has 20 heavy (non-hydrogen) atoms. The Kier molecular flexibility index (Phi) is 5.04. The van der Waals surface area contributed by atoms with Crippen molar-refractivity contribution in [3.8, 4) is 0 Å². The van der Waals surface area contributed by atoms with Crippen LogP contribution < -0.4 is 5.32 Å². The van der Waals surface area contributed by atoms with Crippen LogP contribution in [0.25, 0.3) is 0 Å². The Balaban J connectivity index is 2.03. The van der Waals surface area contributed by atoms with E-state index in [1.54, 1.807) is 0 Å². The summed E-state index contributed by atoms with van der Waals surface area (Å²) in [4.78, 5) is 14.5. The van der Waals surface area contributed by atoms with Gasteiger partial charge in [0.25, 0.3) is 0 Å². The van der Waals surface area contributed by atoms with Crippen molar-refractivity contribution in [2.75, 3.05) is 39.5 Å². The van der Waals surface area contributed by atoms with E-state index in [9.17, 15) is 13.2 Å². The molecule has 2 atom stereocenters. The summed E-state index contributed by atoms with van der Waals surface area (Å²) in [5.74, 6) is 0.472. The van der Waals surface area contributed by atoms with Gasteiger partial charge in [-0.1, -0.05) is 0 Å². The summed E-state index contributed by atoms with van der Waals surface area (Å²) in [7, 11) is -1.37. The fourth-order valence-corrected chi connectivity index (χ4v) is 4.43. The molecule has 116 valence electrons. The Morgan fingerprint density at radius 3 is 2.60 bits per heavy atom. The second-order valence-corrected chi connectivity index (χ2v) is 7.82. The zero-order chi connectivity index (χ0) is 14.8. The van der Waals surface area contributed by atoms with Gasteiger partial charge in [-0.2, -0.15) is 4.31 Å². The van der Waals surface area contributed by atoms with E-state index in [4.69, 9.17) is 0 Å². The molecule has 2 unspecified atom stereocenters.